The number of ether oxygens (including phenoxy) is 3. The molecular formula is C36H63FO5. The zero-order chi connectivity index (χ0) is 30.2. The molecule has 0 spiro atoms. The van der Waals surface area contributed by atoms with Gasteiger partial charge in [-0.2, -0.15) is 0 Å². The molecule has 4 unspecified atom stereocenters. The molecule has 4 atom stereocenters. The molecule has 0 radical (unpaired) electrons. The molecule has 3 aliphatic carbocycles. The third kappa shape index (κ3) is 12.4. The van der Waals surface area contributed by atoms with E-state index in [1.54, 1.807) is 0 Å². The number of halogens is 1. The number of hydrogen-bond donors (Lipinski definition) is 0. The number of alkyl halides is 1. The number of unbranched alkanes of at least 4 members (excludes halogenated alkanes) is 8. The molecule has 5 nitrogen and oxygen atoms in total. The number of rotatable bonds is 18. The van der Waals surface area contributed by atoms with Crippen molar-refractivity contribution in [3.63, 3.8) is 0 Å². The van der Waals surface area contributed by atoms with E-state index in [2.05, 4.69) is 13.8 Å². The first-order valence-electron chi connectivity index (χ1n) is 18.1. The van der Waals surface area contributed by atoms with Crippen molar-refractivity contribution in [2.24, 2.45) is 23.7 Å². The van der Waals surface area contributed by atoms with Crippen LogP contribution in [0.1, 0.15) is 162 Å². The molecule has 0 aromatic carbocycles. The fourth-order valence-electron chi connectivity index (χ4n) is 7.62. The summed E-state index contributed by atoms with van der Waals surface area (Å²) in [5, 5.41) is 0. The fourth-order valence-corrected chi connectivity index (χ4v) is 7.62. The Kier molecular flexibility index (Phi) is 16.8. The van der Waals surface area contributed by atoms with Crippen molar-refractivity contribution >= 4 is 11.9 Å². The average Bonchev–Trinajstić information content (AvgIpc) is 3.00. The summed E-state index contributed by atoms with van der Waals surface area (Å²) >= 11 is 0. The van der Waals surface area contributed by atoms with Gasteiger partial charge in [-0.25, -0.2) is 4.39 Å². The second kappa shape index (κ2) is 20.0. The average molecular weight is 595 g/mol. The van der Waals surface area contributed by atoms with Gasteiger partial charge in [-0.3, -0.25) is 9.59 Å². The Morgan fingerprint density at radius 3 is 1.90 bits per heavy atom. The van der Waals surface area contributed by atoms with E-state index in [0.717, 1.165) is 77.0 Å². The molecule has 0 bridgehead atoms. The summed E-state index contributed by atoms with van der Waals surface area (Å²) in [5.41, 5.74) is 0. The first-order chi connectivity index (χ1) is 20.4. The van der Waals surface area contributed by atoms with E-state index in [4.69, 9.17) is 14.2 Å². The summed E-state index contributed by atoms with van der Waals surface area (Å²) in [6.45, 7) is 7.05. The third-order valence-corrected chi connectivity index (χ3v) is 10.4. The highest BCUT2D eigenvalue weighted by molar-refractivity contribution is 5.73. The van der Waals surface area contributed by atoms with Gasteiger partial charge in [0.1, 0.15) is 12.3 Å². The van der Waals surface area contributed by atoms with Crippen LogP contribution in [0.5, 0.6) is 0 Å². The Labute approximate surface area is 256 Å². The first-order valence-corrected chi connectivity index (χ1v) is 18.1. The van der Waals surface area contributed by atoms with Gasteiger partial charge in [0, 0.05) is 0 Å². The van der Waals surface area contributed by atoms with E-state index < -0.39 is 6.17 Å². The monoisotopic (exact) mass is 594 g/mol. The Morgan fingerprint density at radius 1 is 0.690 bits per heavy atom. The molecule has 42 heavy (non-hydrogen) atoms. The first kappa shape index (κ1) is 35.3. The van der Waals surface area contributed by atoms with Crippen molar-refractivity contribution in [3.8, 4) is 0 Å². The van der Waals surface area contributed by atoms with Crippen LogP contribution in [0.15, 0.2) is 0 Å². The fraction of sp³-hybridized carbons (Fsp3) is 0.944. The van der Waals surface area contributed by atoms with Gasteiger partial charge in [0.15, 0.2) is 0 Å². The maximum Gasteiger partial charge on any atom is 0.309 e. The molecule has 244 valence electrons. The number of carbonyl (C=O) groups is 2. The lowest BCUT2D eigenvalue weighted by Gasteiger charge is -2.38. The predicted molar refractivity (Wildman–Crippen MR) is 167 cm³/mol. The van der Waals surface area contributed by atoms with Crippen molar-refractivity contribution in [1.82, 2.24) is 0 Å². The van der Waals surface area contributed by atoms with Gasteiger partial charge in [0.05, 0.1) is 30.7 Å². The van der Waals surface area contributed by atoms with Crippen LogP contribution in [0.2, 0.25) is 0 Å². The van der Waals surface area contributed by atoms with Crippen LogP contribution in [0.3, 0.4) is 0 Å². The second-order valence-electron chi connectivity index (χ2n) is 13.9. The van der Waals surface area contributed by atoms with Crippen LogP contribution in [0, 0.1) is 23.7 Å². The van der Waals surface area contributed by atoms with Gasteiger partial charge >= 0.3 is 11.9 Å². The number of esters is 2. The van der Waals surface area contributed by atoms with E-state index in [-0.39, 0.29) is 48.5 Å². The summed E-state index contributed by atoms with van der Waals surface area (Å²) in [6, 6.07) is 0. The molecule has 3 saturated carbocycles. The highest BCUT2D eigenvalue weighted by Crippen LogP contribution is 2.41. The minimum atomic E-state index is -1.09. The highest BCUT2D eigenvalue weighted by Gasteiger charge is 2.38. The highest BCUT2D eigenvalue weighted by atomic mass is 19.1. The van der Waals surface area contributed by atoms with Crippen molar-refractivity contribution in [2.45, 2.75) is 187 Å². The maximum atomic E-state index is 14.9. The molecule has 6 heteroatoms. The van der Waals surface area contributed by atoms with Crippen molar-refractivity contribution in [3.05, 3.63) is 0 Å². The molecule has 0 aromatic heterocycles. The van der Waals surface area contributed by atoms with Gasteiger partial charge in [0.25, 0.3) is 0 Å². The van der Waals surface area contributed by atoms with E-state index in [1.165, 1.54) is 44.9 Å². The molecule has 3 aliphatic rings. The molecule has 0 amide bonds. The molecule has 3 rings (SSSR count). The summed E-state index contributed by atoms with van der Waals surface area (Å²) in [7, 11) is 0. The van der Waals surface area contributed by atoms with E-state index >= 15 is 0 Å². The zero-order valence-electron chi connectivity index (χ0n) is 27.3. The van der Waals surface area contributed by atoms with Crippen LogP contribution >= 0.6 is 0 Å². The molecular weight excluding hydrogens is 531 g/mol. The number of carbonyl (C=O) groups excluding carboxylic acids is 2. The summed E-state index contributed by atoms with van der Waals surface area (Å²) in [4.78, 5) is 25.4. The Balaban J connectivity index is 1.26. The minimum Gasteiger partial charge on any atom is -0.465 e. The molecule has 0 N–H and O–H groups in total. The summed E-state index contributed by atoms with van der Waals surface area (Å²) < 4.78 is 32.5. The van der Waals surface area contributed by atoms with Gasteiger partial charge in [-0.1, -0.05) is 71.6 Å². The van der Waals surface area contributed by atoms with Crippen LogP contribution < -0.4 is 0 Å². The van der Waals surface area contributed by atoms with E-state index in [0.29, 0.717) is 31.3 Å². The Hall–Kier alpha value is -1.17. The van der Waals surface area contributed by atoms with Crippen molar-refractivity contribution < 1.29 is 28.2 Å². The molecule has 0 aromatic rings. The Morgan fingerprint density at radius 2 is 1.26 bits per heavy atom. The van der Waals surface area contributed by atoms with Gasteiger partial charge < -0.3 is 14.2 Å². The number of hydrogen-bond acceptors (Lipinski definition) is 5. The van der Waals surface area contributed by atoms with E-state index in [9.17, 15) is 14.0 Å². The Bertz CT molecular complexity index is 743. The smallest absolute Gasteiger partial charge is 0.309 e. The lowest BCUT2D eigenvalue weighted by Crippen LogP contribution is -2.39. The van der Waals surface area contributed by atoms with Gasteiger partial charge in [0.2, 0.25) is 0 Å². The molecule has 0 heterocycles. The van der Waals surface area contributed by atoms with Crippen molar-refractivity contribution in [1.29, 1.82) is 0 Å². The predicted octanol–water partition coefficient (Wildman–Crippen LogP) is 9.68. The second-order valence-corrected chi connectivity index (χ2v) is 13.9. The van der Waals surface area contributed by atoms with Crippen LogP contribution in [0.25, 0.3) is 0 Å². The maximum absolute atomic E-state index is 14.9. The topological polar surface area (TPSA) is 61.8 Å². The van der Waals surface area contributed by atoms with Gasteiger partial charge in [-0.15, -0.1) is 0 Å². The lowest BCUT2D eigenvalue weighted by molar-refractivity contribution is -0.161. The minimum absolute atomic E-state index is 0.0191. The van der Waals surface area contributed by atoms with Crippen LogP contribution in [-0.4, -0.2) is 43.0 Å². The van der Waals surface area contributed by atoms with Crippen LogP contribution in [-0.2, 0) is 23.8 Å². The van der Waals surface area contributed by atoms with Gasteiger partial charge in [-0.05, 0) is 102 Å². The van der Waals surface area contributed by atoms with E-state index in [1.807, 2.05) is 6.92 Å². The SMILES string of the molecule is CCCCCCCCOC(=O)C1CCC(C2CCC(OC(=O)C3CCC(OC(C)CCCCCC)C(F)C3)CC2)CC1. The van der Waals surface area contributed by atoms with Crippen molar-refractivity contribution in [2.75, 3.05) is 6.61 Å². The normalized spacial score (nSPS) is 30.9. The summed E-state index contributed by atoms with van der Waals surface area (Å²) in [5.74, 6) is 0.881. The molecule has 0 saturated heterocycles. The lowest BCUT2D eigenvalue weighted by atomic mass is 9.70. The summed E-state index contributed by atoms with van der Waals surface area (Å²) in [6.07, 6.45) is 21.1. The molecule has 3 fully saturated rings. The molecule has 0 aliphatic heterocycles. The van der Waals surface area contributed by atoms with Crippen LogP contribution in [0.4, 0.5) is 4.39 Å². The standard InChI is InChI=1S/C36H63FO5/c1-4-6-8-10-11-13-25-40-35(38)30-17-15-28(16-18-30)29-19-22-32(23-20-29)42-36(39)31-21-24-34(33(37)26-31)41-27(3)14-12-9-7-5-2/h27-34H,4-26H2,1-3H3. The quantitative estimate of drug-likeness (QED) is 0.117. The third-order valence-electron chi connectivity index (χ3n) is 10.4. The largest absolute Gasteiger partial charge is 0.465 e. The zero-order valence-corrected chi connectivity index (χ0v) is 27.3.